The summed E-state index contributed by atoms with van der Waals surface area (Å²) in [6.45, 7) is 5.48. The molecule has 0 radical (unpaired) electrons. The minimum absolute atomic E-state index is 0.128. The molecule has 0 unspecified atom stereocenters. The highest BCUT2D eigenvalue weighted by atomic mass is 32.2. The number of rotatable bonds is 8. The van der Waals surface area contributed by atoms with E-state index in [-0.39, 0.29) is 17.8 Å². The number of nitrogens with zero attached hydrogens (tertiary/aromatic N) is 1. The molecule has 0 spiro atoms. The highest BCUT2D eigenvalue weighted by molar-refractivity contribution is 7.99. The molecule has 0 saturated heterocycles. The third kappa shape index (κ3) is 7.16. The van der Waals surface area contributed by atoms with E-state index in [0.717, 1.165) is 10.5 Å². The SMILES string of the molecule is CC(C)(C)c1ccccc1OCC(=O)OCC(=O)Nc1ccccc1SCC#N. The number of anilines is 1. The van der Waals surface area contributed by atoms with Gasteiger partial charge in [0.05, 0.1) is 17.5 Å². The minimum Gasteiger partial charge on any atom is -0.482 e. The van der Waals surface area contributed by atoms with Crippen LogP contribution in [0.1, 0.15) is 26.3 Å². The molecule has 0 aromatic heterocycles. The van der Waals surface area contributed by atoms with Gasteiger partial charge in [0.25, 0.3) is 5.91 Å². The Hall–Kier alpha value is -2.98. The van der Waals surface area contributed by atoms with Gasteiger partial charge in [-0.3, -0.25) is 4.79 Å². The molecule has 2 aromatic carbocycles. The van der Waals surface area contributed by atoms with Crippen molar-refractivity contribution in [2.75, 3.05) is 24.3 Å². The number of benzene rings is 2. The first kappa shape index (κ1) is 22.3. The Bertz CT molecular complexity index is 900. The number of hydrogen-bond acceptors (Lipinski definition) is 6. The van der Waals surface area contributed by atoms with Crippen molar-refractivity contribution in [2.45, 2.75) is 31.1 Å². The van der Waals surface area contributed by atoms with Gasteiger partial charge in [0.1, 0.15) is 5.75 Å². The molecule has 0 aliphatic rings. The van der Waals surface area contributed by atoms with Crippen LogP contribution in [-0.4, -0.2) is 30.8 Å². The van der Waals surface area contributed by atoms with Crippen LogP contribution in [0.25, 0.3) is 0 Å². The number of thioether (sulfide) groups is 1. The average molecular weight is 413 g/mol. The van der Waals surface area contributed by atoms with Crippen molar-refractivity contribution in [3.63, 3.8) is 0 Å². The predicted molar refractivity (Wildman–Crippen MR) is 113 cm³/mol. The van der Waals surface area contributed by atoms with Crippen LogP contribution in [0, 0.1) is 11.3 Å². The molecule has 0 bridgehead atoms. The fraction of sp³-hybridized carbons (Fsp3) is 0.318. The van der Waals surface area contributed by atoms with Gasteiger partial charge in [-0.05, 0) is 29.2 Å². The molecule has 1 amide bonds. The van der Waals surface area contributed by atoms with Gasteiger partial charge in [-0.15, -0.1) is 11.8 Å². The molecule has 6 nitrogen and oxygen atoms in total. The molecule has 2 aromatic rings. The van der Waals surface area contributed by atoms with Gasteiger partial charge in [-0.2, -0.15) is 5.26 Å². The maximum absolute atomic E-state index is 12.1. The fourth-order valence-electron chi connectivity index (χ4n) is 2.53. The lowest BCUT2D eigenvalue weighted by atomic mass is 9.86. The number of carbonyl (C=O) groups is 2. The van der Waals surface area contributed by atoms with Crippen molar-refractivity contribution in [3.05, 3.63) is 54.1 Å². The maximum atomic E-state index is 12.1. The molecular weight excluding hydrogens is 388 g/mol. The Morgan fingerprint density at radius 3 is 2.48 bits per heavy atom. The highest BCUT2D eigenvalue weighted by Gasteiger charge is 2.19. The summed E-state index contributed by atoms with van der Waals surface area (Å²) in [6, 6.07) is 16.7. The van der Waals surface area contributed by atoms with Crippen LogP contribution >= 0.6 is 11.8 Å². The van der Waals surface area contributed by atoms with E-state index >= 15 is 0 Å². The van der Waals surface area contributed by atoms with E-state index < -0.39 is 18.5 Å². The lowest BCUT2D eigenvalue weighted by Crippen LogP contribution is -2.24. The quantitative estimate of drug-likeness (QED) is 0.517. The Balaban J connectivity index is 1.85. The molecule has 152 valence electrons. The molecule has 0 aliphatic carbocycles. The Morgan fingerprint density at radius 1 is 1.07 bits per heavy atom. The van der Waals surface area contributed by atoms with Crippen molar-refractivity contribution < 1.29 is 19.1 Å². The van der Waals surface area contributed by atoms with E-state index in [9.17, 15) is 9.59 Å². The van der Waals surface area contributed by atoms with Gasteiger partial charge in [0, 0.05) is 4.90 Å². The average Bonchev–Trinajstić information content (AvgIpc) is 2.69. The Labute approximate surface area is 175 Å². The number of esters is 1. The van der Waals surface area contributed by atoms with Crippen LogP contribution in [0.15, 0.2) is 53.4 Å². The summed E-state index contributed by atoms with van der Waals surface area (Å²) < 4.78 is 10.6. The summed E-state index contributed by atoms with van der Waals surface area (Å²) in [7, 11) is 0. The monoisotopic (exact) mass is 412 g/mol. The molecule has 0 atom stereocenters. The van der Waals surface area contributed by atoms with Crippen molar-refractivity contribution in [3.8, 4) is 11.8 Å². The topological polar surface area (TPSA) is 88.4 Å². The molecule has 0 saturated carbocycles. The van der Waals surface area contributed by atoms with Crippen LogP contribution in [-0.2, 0) is 19.7 Å². The first-order chi connectivity index (χ1) is 13.8. The summed E-state index contributed by atoms with van der Waals surface area (Å²) in [5.41, 5.74) is 1.43. The van der Waals surface area contributed by atoms with E-state index in [2.05, 4.69) is 26.1 Å². The summed E-state index contributed by atoms with van der Waals surface area (Å²) in [6.07, 6.45) is 0. The summed E-state index contributed by atoms with van der Waals surface area (Å²) in [5, 5.41) is 11.4. The number of nitriles is 1. The second kappa shape index (κ2) is 10.5. The van der Waals surface area contributed by atoms with Gasteiger partial charge in [0.15, 0.2) is 13.2 Å². The van der Waals surface area contributed by atoms with E-state index in [0.29, 0.717) is 11.4 Å². The Kier molecular flexibility index (Phi) is 8.10. The second-order valence-electron chi connectivity index (χ2n) is 7.19. The molecule has 29 heavy (non-hydrogen) atoms. The first-order valence-electron chi connectivity index (χ1n) is 9.08. The molecule has 2 rings (SSSR count). The van der Waals surface area contributed by atoms with Gasteiger partial charge in [-0.1, -0.05) is 51.1 Å². The summed E-state index contributed by atoms with van der Waals surface area (Å²) >= 11 is 1.32. The molecule has 0 aliphatic heterocycles. The van der Waals surface area contributed by atoms with Crippen molar-refractivity contribution in [2.24, 2.45) is 0 Å². The zero-order valence-corrected chi connectivity index (χ0v) is 17.5. The number of para-hydroxylation sites is 2. The zero-order chi connectivity index (χ0) is 21.3. The van der Waals surface area contributed by atoms with Crippen LogP contribution in [0.2, 0.25) is 0 Å². The van der Waals surface area contributed by atoms with Crippen LogP contribution in [0.3, 0.4) is 0 Å². The van der Waals surface area contributed by atoms with Crippen molar-refractivity contribution in [1.29, 1.82) is 5.26 Å². The van der Waals surface area contributed by atoms with Gasteiger partial charge in [0.2, 0.25) is 0 Å². The number of carbonyl (C=O) groups excluding carboxylic acids is 2. The maximum Gasteiger partial charge on any atom is 0.344 e. The fourth-order valence-corrected chi connectivity index (χ4v) is 3.20. The van der Waals surface area contributed by atoms with Crippen LogP contribution in [0.5, 0.6) is 5.75 Å². The van der Waals surface area contributed by atoms with E-state index in [1.165, 1.54) is 11.8 Å². The zero-order valence-electron chi connectivity index (χ0n) is 16.7. The Morgan fingerprint density at radius 2 is 1.76 bits per heavy atom. The molecule has 1 N–H and O–H groups in total. The second-order valence-corrected chi connectivity index (χ2v) is 8.20. The summed E-state index contributed by atoms with van der Waals surface area (Å²) in [4.78, 5) is 24.8. The normalized spacial score (nSPS) is 10.7. The molecule has 0 fully saturated rings. The number of amides is 1. The van der Waals surface area contributed by atoms with Gasteiger partial charge in [-0.25, -0.2) is 4.79 Å². The number of hydrogen-bond donors (Lipinski definition) is 1. The van der Waals surface area contributed by atoms with E-state index in [1.807, 2.05) is 36.4 Å². The third-order valence-electron chi connectivity index (χ3n) is 3.86. The van der Waals surface area contributed by atoms with E-state index in [1.54, 1.807) is 18.2 Å². The highest BCUT2D eigenvalue weighted by Crippen LogP contribution is 2.31. The first-order valence-corrected chi connectivity index (χ1v) is 10.1. The predicted octanol–water partition coefficient (Wildman–Crippen LogP) is 4.16. The van der Waals surface area contributed by atoms with E-state index in [4.69, 9.17) is 14.7 Å². The molecule has 0 heterocycles. The van der Waals surface area contributed by atoms with Crippen molar-refractivity contribution >= 4 is 29.3 Å². The summed E-state index contributed by atoms with van der Waals surface area (Å²) in [5.74, 6) is -0.200. The van der Waals surface area contributed by atoms with Crippen LogP contribution in [0.4, 0.5) is 5.69 Å². The smallest absolute Gasteiger partial charge is 0.344 e. The van der Waals surface area contributed by atoms with Crippen molar-refractivity contribution in [1.82, 2.24) is 0 Å². The lowest BCUT2D eigenvalue weighted by Gasteiger charge is -2.22. The van der Waals surface area contributed by atoms with Gasteiger partial charge >= 0.3 is 5.97 Å². The largest absolute Gasteiger partial charge is 0.482 e. The molecular formula is C22H24N2O4S. The standard InChI is InChI=1S/C22H24N2O4S/c1-22(2,3)16-8-4-6-10-18(16)27-15-21(26)28-14-20(25)24-17-9-5-7-11-19(17)29-13-12-23/h4-11H,13-15H2,1-3H3,(H,24,25). The number of ether oxygens (including phenoxy) is 2. The number of nitrogens with one attached hydrogen (secondary N) is 1. The minimum atomic E-state index is -0.629. The van der Waals surface area contributed by atoms with Crippen LogP contribution < -0.4 is 10.1 Å². The third-order valence-corrected chi connectivity index (χ3v) is 4.80. The lowest BCUT2D eigenvalue weighted by molar-refractivity contribution is -0.149. The van der Waals surface area contributed by atoms with Gasteiger partial charge < -0.3 is 14.8 Å². The molecule has 7 heteroatoms.